The monoisotopic (exact) mass is 244 g/mol. The van der Waals surface area contributed by atoms with Gasteiger partial charge in [0, 0.05) is 12.4 Å². The number of rotatable bonds is 4. The number of aromatic hydroxyl groups is 1. The highest BCUT2D eigenvalue weighted by Crippen LogP contribution is 2.17. The molecule has 96 valence electrons. The number of aromatic nitrogens is 2. The number of para-hydroxylation sites is 1. The first-order chi connectivity index (χ1) is 8.84. The Bertz CT molecular complexity index is 391. The lowest BCUT2D eigenvalue weighted by atomic mass is 10.1. The van der Waals surface area contributed by atoms with Gasteiger partial charge in [0.15, 0.2) is 0 Å². The normalized spacial score (nSPS) is 9.39. The van der Waals surface area contributed by atoms with E-state index in [0.717, 1.165) is 12.0 Å². The predicted octanol–water partition coefficient (Wildman–Crippen LogP) is 3.60. The molecule has 18 heavy (non-hydrogen) atoms. The standard InChI is InChI=1S/C11H16O.C4H4N2/c1-2-3-4-7-10-8-5-6-9-11(10)12;1-2-5-4-6-3-1/h5-6,8-9,12H,2-4,7H2,1H3;1-4H. The highest BCUT2D eigenvalue weighted by Gasteiger charge is 1.97. The summed E-state index contributed by atoms with van der Waals surface area (Å²) in [4.78, 5) is 7.35. The quantitative estimate of drug-likeness (QED) is 0.836. The van der Waals surface area contributed by atoms with Gasteiger partial charge in [0.1, 0.15) is 12.1 Å². The van der Waals surface area contributed by atoms with Crippen molar-refractivity contribution in [2.24, 2.45) is 0 Å². The molecule has 1 N–H and O–H groups in total. The molecule has 2 rings (SSSR count). The van der Waals surface area contributed by atoms with Gasteiger partial charge in [-0.3, -0.25) is 0 Å². The maximum atomic E-state index is 9.41. The van der Waals surface area contributed by atoms with Crippen LogP contribution in [0.1, 0.15) is 31.7 Å². The number of unbranched alkanes of at least 4 members (excludes halogenated alkanes) is 2. The first-order valence-corrected chi connectivity index (χ1v) is 6.31. The molecule has 2 aromatic rings. The lowest BCUT2D eigenvalue weighted by molar-refractivity contribution is 0.466. The molecule has 1 heterocycles. The van der Waals surface area contributed by atoms with Crippen molar-refractivity contribution in [3.63, 3.8) is 0 Å². The van der Waals surface area contributed by atoms with Gasteiger partial charge in [0.05, 0.1) is 0 Å². The summed E-state index contributed by atoms with van der Waals surface area (Å²) in [5.74, 6) is 0.439. The zero-order chi connectivity index (χ0) is 13.1. The van der Waals surface area contributed by atoms with Crippen molar-refractivity contribution in [2.75, 3.05) is 0 Å². The van der Waals surface area contributed by atoms with Gasteiger partial charge in [-0.05, 0) is 30.5 Å². The Balaban J connectivity index is 0.000000225. The van der Waals surface area contributed by atoms with Crippen LogP contribution < -0.4 is 0 Å². The van der Waals surface area contributed by atoms with Crippen molar-refractivity contribution >= 4 is 0 Å². The molecule has 0 aliphatic carbocycles. The molecular formula is C15H20N2O. The van der Waals surface area contributed by atoms with E-state index in [1.54, 1.807) is 24.5 Å². The Kier molecular flexibility index (Phi) is 7.21. The minimum absolute atomic E-state index is 0.439. The van der Waals surface area contributed by atoms with Gasteiger partial charge >= 0.3 is 0 Å². The molecule has 0 unspecified atom stereocenters. The van der Waals surface area contributed by atoms with Crippen LogP contribution in [0.3, 0.4) is 0 Å². The molecule has 0 aliphatic heterocycles. The topological polar surface area (TPSA) is 46.0 Å². The van der Waals surface area contributed by atoms with Crippen LogP contribution in [0.5, 0.6) is 5.75 Å². The van der Waals surface area contributed by atoms with Crippen molar-refractivity contribution < 1.29 is 5.11 Å². The minimum Gasteiger partial charge on any atom is -0.508 e. The summed E-state index contributed by atoms with van der Waals surface area (Å²) in [5.41, 5.74) is 1.07. The van der Waals surface area contributed by atoms with Gasteiger partial charge in [-0.2, -0.15) is 0 Å². The molecule has 0 saturated heterocycles. The molecule has 1 aromatic carbocycles. The maximum absolute atomic E-state index is 9.41. The van der Waals surface area contributed by atoms with Crippen LogP contribution in [0.25, 0.3) is 0 Å². The largest absolute Gasteiger partial charge is 0.508 e. The van der Waals surface area contributed by atoms with Gasteiger partial charge in [-0.15, -0.1) is 0 Å². The van der Waals surface area contributed by atoms with Crippen molar-refractivity contribution in [3.05, 3.63) is 54.6 Å². The van der Waals surface area contributed by atoms with E-state index < -0.39 is 0 Å². The van der Waals surface area contributed by atoms with Crippen LogP contribution in [0.15, 0.2) is 49.1 Å². The van der Waals surface area contributed by atoms with E-state index in [2.05, 4.69) is 16.9 Å². The van der Waals surface area contributed by atoms with Crippen molar-refractivity contribution in [2.45, 2.75) is 32.6 Å². The van der Waals surface area contributed by atoms with Crippen LogP contribution in [-0.4, -0.2) is 15.1 Å². The summed E-state index contributed by atoms with van der Waals surface area (Å²) in [7, 11) is 0. The number of benzene rings is 1. The number of hydrogen-bond donors (Lipinski definition) is 1. The second-order valence-corrected chi connectivity index (χ2v) is 3.99. The number of nitrogens with zero attached hydrogens (tertiary/aromatic N) is 2. The zero-order valence-corrected chi connectivity index (χ0v) is 10.8. The first-order valence-electron chi connectivity index (χ1n) is 6.31. The molecule has 0 amide bonds. The van der Waals surface area contributed by atoms with Crippen LogP contribution in [-0.2, 0) is 6.42 Å². The van der Waals surface area contributed by atoms with E-state index in [4.69, 9.17) is 0 Å². The second kappa shape index (κ2) is 9.16. The number of phenols is 1. The fourth-order valence-corrected chi connectivity index (χ4v) is 1.54. The SMILES string of the molecule is CCCCCc1ccccc1O.c1cncnc1. The summed E-state index contributed by atoms with van der Waals surface area (Å²) in [6.45, 7) is 2.19. The Morgan fingerprint density at radius 2 is 1.72 bits per heavy atom. The summed E-state index contributed by atoms with van der Waals surface area (Å²) in [5, 5.41) is 9.41. The van der Waals surface area contributed by atoms with Crippen molar-refractivity contribution in [3.8, 4) is 5.75 Å². The molecule has 0 radical (unpaired) electrons. The molecule has 0 atom stereocenters. The highest BCUT2D eigenvalue weighted by atomic mass is 16.3. The average molecular weight is 244 g/mol. The fraction of sp³-hybridized carbons (Fsp3) is 0.333. The smallest absolute Gasteiger partial charge is 0.118 e. The van der Waals surface area contributed by atoms with E-state index >= 15 is 0 Å². The van der Waals surface area contributed by atoms with Crippen LogP contribution in [0.2, 0.25) is 0 Å². The molecule has 1 aromatic heterocycles. The Labute approximate surface area is 109 Å². The van der Waals surface area contributed by atoms with Gasteiger partial charge < -0.3 is 5.11 Å². The molecule has 0 fully saturated rings. The second-order valence-electron chi connectivity index (χ2n) is 3.99. The van der Waals surface area contributed by atoms with Crippen molar-refractivity contribution in [1.29, 1.82) is 0 Å². The Hall–Kier alpha value is -1.90. The summed E-state index contributed by atoms with van der Waals surface area (Å²) >= 11 is 0. The van der Waals surface area contributed by atoms with E-state index in [1.165, 1.54) is 25.6 Å². The number of aryl methyl sites for hydroxylation is 1. The van der Waals surface area contributed by atoms with Gasteiger partial charge in [-0.1, -0.05) is 38.0 Å². The molecule has 0 aliphatic rings. The third-order valence-electron chi connectivity index (χ3n) is 2.52. The highest BCUT2D eigenvalue weighted by molar-refractivity contribution is 5.31. The number of hydrogen-bond acceptors (Lipinski definition) is 3. The van der Waals surface area contributed by atoms with E-state index in [-0.39, 0.29) is 0 Å². The minimum atomic E-state index is 0.439. The lowest BCUT2D eigenvalue weighted by Gasteiger charge is -2.02. The summed E-state index contributed by atoms with van der Waals surface area (Å²) < 4.78 is 0. The Morgan fingerprint density at radius 3 is 2.22 bits per heavy atom. The van der Waals surface area contributed by atoms with E-state index in [0.29, 0.717) is 5.75 Å². The zero-order valence-electron chi connectivity index (χ0n) is 10.8. The molecular weight excluding hydrogens is 224 g/mol. The van der Waals surface area contributed by atoms with Gasteiger partial charge in [0.25, 0.3) is 0 Å². The van der Waals surface area contributed by atoms with Crippen LogP contribution in [0.4, 0.5) is 0 Å². The summed E-state index contributed by atoms with van der Waals surface area (Å²) in [6.07, 6.45) is 9.52. The molecule has 3 heteroatoms. The summed E-state index contributed by atoms with van der Waals surface area (Å²) in [6, 6.07) is 9.35. The lowest BCUT2D eigenvalue weighted by Crippen LogP contribution is -1.85. The van der Waals surface area contributed by atoms with E-state index in [1.807, 2.05) is 18.2 Å². The molecule has 0 bridgehead atoms. The van der Waals surface area contributed by atoms with Crippen LogP contribution >= 0.6 is 0 Å². The maximum Gasteiger partial charge on any atom is 0.118 e. The predicted molar refractivity (Wildman–Crippen MR) is 73.4 cm³/mol. The average Bonchev–Trinajstić information content (AvgIpc) is 2.44. The van der Waals surface area contributed by atoms with Crippen LogP contribution in [0, 0.1) is 0 Å². The van der Waals surface area contributed by atoms with E-state index in [9.17, 15) is 5.11 Å². The molecule has 3 nitrogen and oxygen atoms in total. The van der Waals surface area contributed by atoms with Gasteiger partial charge in [0.2, 0.25) is 0 Å². The van der Waals surface area contributed by atoms with Crippen molar-refractivity contribution in [1.82, 2.24) is 9.97 Å². The molecule has 0 saturated carbocycles. The first kappa shape index (κ1) is 14.2. The third-order valence-corrected chi connectivity index (χ3v) is 2.52. The third kappa shape index (κ3) is 5.99. The fourth-order valence-electron chi connectivity index (χ4n) is 1.54. The number of phenolic OH excluding ortho intramolecular Hbond substituents is 1. The Morgan fingerprint density at radius 1 is 1.00 bits per heavy atom. The van der Waals surface area contributed by atoms with Gasteiger partial charge in [-0.25, -0.2) is 9.97 Å². The molecule has 0 spiro atoms.